The largest absolute Gasteiger partial charge is 0.494 e. The molecule has 6 heteroatoms. The second-order valence-electron chi connectivity index (χ2n) is 4.12. The molecule has 0 saturated heterocycles. The number of hydrogen-bond donors (Lipinski definition) is 2. The minimum atomic E-state index is -0.0602. The summed E-state index contributed by atoms with van der Waals surface area (Å²) in [5.74, 6) is 1.27. The summed E-state index contributed by atoms with van der Waals surface area (Å²) < 4.78 is 1.31. The van der Waals surface area contributed by atoms with Gasteiger partial charge in [-0.05, 0) is 18.2 Å². The molecule has 0 saturated carbocycles. The molecule has 20 heavy (non-hydrogen) atoms. The maximum Gasteiger partial charge on any atom is 0.202 e. The Hall–Kier alpha value is -1.23. The Morgan fingerprint density at radius 3 is 2.40 bits per heavy atom. The third kappa shape index (κ3) is 3.26. The Morgan fingerprint density at radius 2 is 1.80 bits per heavy atom. The molecule has 2 N–H and O–H groups in total. The van der Waals surface area contributed by atoms with Crippen LogP contribution in [0.2, 0.25) is 10.0 Å². The maximum absolute atomic E-state index is 10.2. The topological polar surface area (TPSA) is 45.4 Å². The standard InChI is InChI=1S/C14H13Cl2NO2S/c1-2-3-20-8-9-4-13(18)17(14(9)19)12-6-10(15)5-11(16)7-12/h2,4-7,18-19H,1,3,8H2. The number of thioether (sulfide) groups is 1. The van der Waals surface area contributed by atoms with Crippen LogP contribution in [-0.2, 0) is 5.75 Å². The molecule has 106 valence electrons. The summed E-state index contributed by atoms with van der Waals surface area (Å²) in [6, 6.07) is 6.35. The van der Waals surface area contributed by atoms with Gasteiger partial charge in [0, 0.05) is 33.2 Å². The summed E-state index contributed by atoms with van der Waals surface area (Å²) in [7, 11) is 0. The van der Waals surface area contributed by atoms with E-state index in [1.54, 1.807) is 36.0 Å². The van der Waals surface area contributed by atoms with Crippen molar-refractivity contribution in [2.24, 2.45) is 0 Å². The van der Waals surface area contributed by atoms with E-state index in [0.29, 0.717) is 27.0 Å². The van der Waals surface area contributed by atoms with Crippen molar-refractivity contribution in [3.63, 3.8) is 0 Å². The first-order valence-electron chi connectivity index (χ1n) is 5.80. The van der Waals surface area contributed by atoms with Gasteiger partial charge in [0.2, 0.25) is 5.88 Å². The molecular formula is C14H13Cl2NO2S. The van der Waals surface area contributed by atoms with E-state index in [1.807, 2.05) is 0 Å². The minimum absolute atomic E-state index is 0.0163. The van der Waals surface area contributed by atoms with Gasteiger partial charge in [0.25, 0.3) is 0 Å². The molecule has 3 nitrogen and oxygen atoms in total. The highest BCUT2D eigenvalue weighted by Gasteiger charge is 2.16. The first kappa shape index (κ1) is 15.2. The number of halogens is 2. The van der Waals surface area contributed by atoms with E-state index in [9.17, 15) is 10.2 Å². The van der Waals surface area contributed by atoms with Gasteiger partial charge in [-0.25, -0.2) is 0 Å². The van der Waals surface area contributed by atoms with Crippen molar-refractivity contribution in [3.8, 4) is 17.4 Å². The van der Waals surface area contributed by atoms with Crippen molar-refractivity contribution in [3.05, 3.63) is 52.5 Å². The lowest BCUT2D eigenvalue weighted by Gasteiger charge is -2.08. The van der Waals surface area contributed by atoms with Gasteiger partial charge in [-0.3, -0.25) is 4.57 Å². The number of aromatic hydroxyl groups is 2. The zero-order valence-electron chi connectivity index (χ0n) is 10.5. The van der Waals surface area contributed by atoms with E-state index < -0.39 is 0 Å². The fourth-order valence-corrected chi connectivity index (χ4v) is 3.05. The number of nitrogens with zero attached hydrogens (tertiary/aromatic N) is 1. The Labute approximate surface area is 131 Å². The van der Waals surface area contributed by atoms with E-state index in [2.05, 4.69) is 6.58 Å². The highest BCUT2D eigenvalue weighted by atomic mass is 35.5. The molecular weight excluding hydrogens is 317 g/mol. The summed E-state index contributed by atoms with van der Waals surface area (Å²) in [5, 5.41) is 21.1. The second kappa shape index (κ2) is 6.48. The average Bonchev–Trinajstić information content (AvgIpc) is 2.63. The first-order valence-corrected chi connectivity index (χ1v) is 7.71. The lowest BCUT2D eigenvalue weighted by molar-refractivity contribution is 0.401. The molecule has 0 amide bonds. The molecule has 2 rings (SSSR count). The molecule has 0 radical (unpaired) electrons. The fraction of sp³-hybridized carbons (Fsp3) is 0.143. The molecule has 1 aromatic carbocycles. The van der Waals surface area contributed by atoms with Gasteiger partial charge in [-0.1, -0.05) is 29.3 Å². The van der Waals surface area contributed by atoms with Crippen LogP contribution in [0.5, 0.6) is 11.8 Å². The van der Waals surface area contributed by atoms with Gasteiger partial charge >= 0.3 is 0 Å². The number of rotatable bonds is 5. The van der Waals surface area contributed by atoms with Crippen molar-refractivity contribution in [1.29, 1.82) is 0 Å². The molecule has 0 aliphatic heterocycles. The Morgan fingerprint density at radius 1 is 1.15 bits per heavy atom. The zero-order chi connectivity index (χ0) is 14.7. The number of aromatic nitrogens is 1. The molecule has 0 aliphatic rings. The minimum Gasteiger partial charge on any atom is -0.494 e. The van der Waals surface area contributed by atoms with Crippen molar-refractivity contribution in [2.75, 3.05) is 5.75 Å². The molecule has 2 aromatic rings. The Kier molecular flexibility index (Phi) is 4.91. The summed E-state index contributed by atoms with van der Waals surface area (Å²) in [5.41, 5.74) is 1.16. The van der Waals surface area contributed by atoms with Gasteiger partial charge in [-0.15, -0.1) is 6.58 Å². The van der Waals surface area contributed by atoms with Crippen LogP contribution in [0.15, 0.2) is 36.9 Å². The molecule has 0 aliphatic carbocycles. The van der Waals surface area contributed by atoms with Crippen molar-refractivity contribution in [1.82, 2.24) is 4.57 Å². The van der Waals surface area contributed by atoms with Gasteiger partial charge in [0.1, 0.15) is 0 Å². The molecule has 0 fully saturated rings. The van der Waals surface area contributed by atoms with Gasteiger partial charge in [0.15, 0.2) is 5.88 Å². The van der Waals surface area contributed by atoms with Crippen molar-refractivity contribution >= 4 is 35.0 Å². The van der Waals surface area contributed by atoms with Crippen LogP contribution in [0, 0.1) is 0 Å². The summed E-state index contributed by atoms with van der Waals surface area (Å²) in [4.78, 5) is 0. The summed E-state index contributed by atoms with van der Waals surface area (Å²) >= 11 is 13.5. The van der Waals surface area contributed by atoms with Crippen LogP contribution in [0.3, 0.4) is 0 Å². The van der Waals surface area contributed by atoms with E-state index >= 15 is 0 Å². The second-order valence-corrected chi connectivity index (χ2v) is 6.02. The number of hydrogen-bond acceptors (Lipinski definition) is 3. The fourth-order valence-electron chi connectivity index (χ4n) is 1.82. The Bertz CT molecular complexity index is 620. The van der Waals surface area contributed by atoms with E-state index in [0.717, 1.165) is 5.75 Å². The predicted molar refractivity (Wildman–Crippen MR) is 85.5 cm³/mol. The molecule has 0 atom stereocenters. The number of benzene rings is 1. The monoisotopic (exact) mass is 329 g/mol. The average molecular weight is 330 g/mol. The SMILES string of the molecule is C=CCSCc1cc(O)n(-c2cc(Cl)cc(Cl)c2)c1O. The van der Waals surface area contributed by atoms with Gasteiger partial charge < -0.3 is 10.2 Å². The Balaban J connectivity index is 2.39. The third-order valence-electron chi connectivity index (χ3n) is 2.63. The van der Waals surface area contributed by atoms with Crippen LogP contribution < -0.4 is 0 Å². The predicted octanol–water partition coefficient (Wildman–Crippen LogP) is 4.61. The molecule has 0 unspecified atom stereocenters. The van der Waals surface area contributed by atoms with Crippen LogP contribution in [0.25, 0.3) is 5.69 Å². The first-order chi connectivity index (χ1) is 9.52. The van der Waals surface area contributed by atoms with Crippen LogP contribution in [0.1, 0.15) is 5.56 Å². The van der Waals surface area contributed by atoms with Gasteiger partial charge in [0.05, 0.1) is 5.69 Å². The van der Waals surface area contributed by atoms with Crippen LogP contribution in [-0.4, -0.2) is 20.5 Å². The van der Waals surface area contributed by atoms with Crippen molar-refractivity contribution < 1.29 is 10.2 Å². The normalized spacial score (nSPS) is 10.7. The molecule has 1 aromatic heterocycles. The summed E-state index contributed by atoms with van der Waals surface area (Å²) in [6.45, 7) is 3.64. The maximum atomic E-state index is 10.2. The van der Waals surface area contributed by atoms with E-state index in [4.69, 9.17) is 23.2 Å². The molecule has 1 heterocycles. The lowest BCUT2D eigenvalue weighted by atomic mass is 10.3. The van der Waals surface area contributed by atoms with Gasteiger partial charge in [-0.2, -0.15) is 11.8 Å². The smallest absolute Gasteiger partial charge is 0.202 e. The third-order valence-corrected chi connectivity index (χ3v) is 4.05. The quantitative estimate of drug-likeness (QED) is 0.621. The highest BCUT2D eigenvalue weighted by Crippen LogP contribution is 2.35. The molecule has 0 spiro atoms. The van der Waals surface area contributed by atoms with E-state index in [-0.39, 0.29) is 11.8 Å². The zero-order valence-corrected chi connectivity index (χ0v) is 12.8. The van der Waals surface area contributed by atoms with Crippen LogP contribution >= 0.6 is 35.0 Å². The highest BCUT2D eigenvalue weighted by molar-refractivity contribution is 7.98. The molecule has 0 bridgehead atoms. The lowest BCUT2D eigenvalue weighted by Crippen LogP contribution is -1.93. The summed E-state index contributed by atoms with van der Waals surface area (Å²) in [6.07, 6.45) is 1.79. The van der Waals surface area contributed by atoms with E-state index in [1.165, 1.54) is 10.6 Å². The van der Waals surface area contributed by atoms with Crippen LogP contribution in [0.4, 0.5) is 0 Å². The van der Waals surface area contributed by atoms with Crippen molar-refractivity contribution in [2.45, 2.75) is 5.75 Å².